The molecule has 1 unspecified atom stereocenters. The van der Waals surface area contributed by atoms with Gasteiger partial charge in [-0.1, -0.05) is 11.3 Å². The van der Waals surface area contributed by atoms with Gasteiger partial charge in [0.05, 0.1) is 17.5 Å². The van der Waals surface area contributed by atoms with Crippen molar-refractivity contribution in [1.82, 2.24) is 19.6 Å². The summed E-state index contributed by atoms with van der Waals surface area (Å²) >= 11 is 1.45. The number of likely N-dealkylation sites (tertiary alicyclic amines) is 1. The number of hydrogen-bond acceptors (Lipinski definition) is 8. The SMILES string of the molecule is CS(=O)(=O)NC1CCN(Cc2cc3ccc(Oc4nc5ncccc5s4)cc3o2)C1. The highest BCUT2D eigenvalue weighted by molar-refractivity contribution is 7.88. The molecule has 3 aromatic heterocycles. The summed E-state index contributed by atoms with van der Waals surface area (Å²) in [6, 6.07) is 11.5. The minimum absolute atomic E-state index is 0.0484. The van der Waals surface area contributed by atoms with Gasteiger partial charge >= 0.3 is 0 Å². The molecule has 1 atom stereocenters. The van der Waals surface area contributed by atoms with E-state index < -0.39 is 10.0 Å². The topological polar surface area (TPSA) is 97.6 Å². The maximum absolute atomic E-state index is 11.4. The highest BCUT2D eigenvalue weighted by Gasteiger charge is 2.25. The first-order chi connectivity index (χ1) is 14.4. The molecule has 10 heteroatoms. The van der Waals surface area contributed by atoms with Gasteiger partial charge in [-0.15, -0.1) is 0 Å². The molecule has 1 N–H and O–H groups in total. The molecule has 0 saturated carbocycles. The van der Waals surface area contributed by atoms with Gasteiger partial charge in [0.2, 0.25) is 10.0 Å². The fraction of sp³-hybridized carbons (Fsp3) is 0.300. The third-order valence-corrected chi connectivity index (χ3v) is 6.57. The summed E-state index contributed by atoms with van der Waals surface area (Å²) in [5.41, 5.74) is 1.42. The summed E-state index contributed by atoms with van der Waals surface area (Å²) in [6.07, 6.45) is 3.70. The van der Waals surface area contributed by atoms with Crippen molar-refractivity contribution in [3.8, 4) is 10.9 Å². The standard InChI is InChI=1S/C20H20N4O4S2/c1-30(25,26)23-14-6-8-24(11-14)12-16-9-13-4-5-15(10-17(13)27-16)28-20-22-19-18(29-20)3-2-7-21-19/h2-5,7,9-10,14,23H,6,8,11-12H2,1H3. The average Bonchev–Trinajstić information content (AvgIpc) is 3.38. The molecule has 0 bridgehead atoms. The summed E-state index contributed by atoms with van der Waals surface area (Å²) < 4.78 is 38.4. The number of thiazole rings is 1. The highest BCUT2D eigenvalue weighted by atomic mass is 32.2. The molecule has 1 aliphatic heterocycles. The van der Waals surface area contributed by atoms with Crippen LogP contribution in [0.4, 0.5) is 0 Å². The van der Waals surface area contributed by atoms with Crippen LogP contribution >= 0.6 is 11.3 Å². The first-order valence-corrected chi connectivity index (χ1v) is 12.2. The fourth-order valence-electron chi connectivity index (χ4n) is 3.70. The van der Waals surface area contributed by atoms with Crippen LogP contribution in [0.5, 0.6) is 10.9 Å². The molecule has 0 aliphatic carbocycles. The van der Waals surface area contributed by atoms with Crippen LogP contribution in [0.15, 0.2) is 47.0 Å². The maximum atomic E-state index is 11.4. The minimum Gasteiger partial charge on any atom is -0.460 e. The normalized spacial score (nSPS) is 17.8. The average molecular weight is 445 g/mol. The summed E-state index contributed by atoms with van der Waals surface area (Å²) in [6.45, 7) is 2.13. The van der Waals surface area contributed by atoms with E-state index >= 15 is 0 Å². The molecule has 1 saturated heterocycles. The Kier molecular flexibility index (Phi) is 4.94. The summed E-state index contributed by atoms with van der Waals surface area (Å²) in [5.74, 6) is 1.49. The van der Waals surface area contributed by atoms with Gasteiger partial charge in [-0.05, 0) is 36.8 Å². The molecule has 1 aromatic carbocycles. The lowest BCUT2D eigenvalue weighted by Gasteiger charge is -2.14. The number of nitrogens with zero attached hydrogens (tertiary/aromatic N) is 3. The molecule has 0 radical (unpaired) electrons. The van der Waals surface area contributed by atoms with E-state index in [1.54, 1.807) is 6.20 Å². The second kappa shape index (κ2) is 7.62. The van der Waals surface area contributed by atoms with Crippen molar-refractivity contribution in [3.63, 3.8) is 0 Å². The van der Waals surface area contributed by atoms with Gasteiger partial charge in [0.15, 0.2) is 5.65 Å². The molecule has 0 amide bonds. The molecule has 1 aliphatic rings. The van der Waals surface area contributed by atoms with Gasteiger partial charge in [-0.25, -0.2) is 18.1 Å². The molecule has 8 nitrogen and oxygen atoms in total. The van der Waals surface area contributed by atoms with E-state index in [2.05, 4.69) is 19.6 Å². The molecular weight excluding hydrogens is 424 g/mol. The highest BCUT2D eigenvalue weighted by Crippen LogP contribution is 2.32. The quantitative estimate of drug-likeness (QED) is 0.487. The predicted octanol–water partition coefficient (Wildman–Crippen LogP) is 3.35. The Morgan fingerprint density at radius 3 is 3.07 bits per heavy atom. The number of nitrogens with one attached hydrogen (secondary N) is 1. The number of hydrogen-bond donors (Lipinski definition) is 1. The first kappa shape index (κ1) is 19.4. The number of furan rings is 1. The number of ether oxygens (including phenoxy) is 1. The van der Waals surface area contributed by atoms with Gasteiger partial charge in [0.1, 0.15) is 17.1 Å². The Bertz CT molecular complexity index is 1280. The predicted molar refractivity (Wildman–Crippen MR) is 115 cm³/mol. The van der Waals surface area contributed by atoms with Crippen molar-refractivity contribution < 1.29 is 17.6 Å². The van der Waals surface area contributed by atoms with Crippen molar-refractivity contribution in [2.75, 3.05) is 19.3 Å². The fourth-order valence-corrected chi connectivity index (χ4v) is 5.29. The zero-order valence-electron chi connectivity index (χ0n) is 16.2. The van der Waals surface area contributed by atoms with E-state index in [1.807, 2.05) is 36.4 Å². The number of rotatable bonds is 6. The maximum Gasteiger partial charge on any atom is 0.281 e. The number of benzene rings is 1. The van der Waals surface area contributed by atoms with E-state index in [0.29, 0.717) is 29.7 Å². The number of pyridine rings is 1. The minimum atomic E-state index is -3.19. The molecule has 30 heavy (non-hydrogen) atoms. The number of fused-ring (bicyclic) bond motifs is 2. The molecule has 5 rings (SSSR count). The largest absolute Gasteiger partial charge is 0.460 e. The molecule has 0 spiro atoms. The van der Waals surface area contributed by atoms with Crippen LogP contribution < -0.4 is 9.46 Å². The molecular formula is C20H20N4O4S2. The van der Waals surface area contributed by atoms with Crippen LogP contribution in [0.2, 0.25) is 0 Å². The van der Waals surface area contributed by atoms with Gasteiger partial charge < -0.3 is 9.15 Å². The van der Waals surface area contributed by atoms with Crippen LogP contribution in [0.3, 0.4) is 0 Å². The van der Waals surface area contributed by atoms with E-state index in [1.165, 1.54) is 17.6 Å². The Labute approximate surface area is 177 Å². The van der Waals surface area contributed by atoms with Gasteiger partial charge in [-0.2, -0.15) is 4.98 Å². The van der Waals surface area contributed by atoms with E-state index in [0.717, 1.165) is 34.4 Å². The monoisotopic (exact) mass is 444 g/mol. The van der Waals surface area contributed by atoms with Crippen molar-refractivity contribution in [1.29, 1.82) is 0 Å². The molecule has 1 fully saturated rings. The molecule has 156 valence electrons. The third kappa shape index (κ3) is 4.31. The second-order valence-corrected chi connectivity index (χ2v) is 10.2. The number of sulfonamides is 1. The van der Waals surface area contributed by atoms with Crippen molar-refractivity contribution in [2.45, 2.75) is 19.0 Å². The third-order valence-electron chi connectivity index (χ3n) is 4.93. The lowest BCUT2D eigenvalue weighted by atomic mass is 10.2. The molecule has 4 aromatic rings. The van der Waals surface area contributed by atoms with E-state index in [4.69, 9.17) is 9.15 Å². The summed E-state index contributed by atoms with van der Waals surface area (Å²) in [7, 11) is -3.19. The lowest BCUT2D eigenvalue weighted by Crippen LogP contribution is -2.36. The smallest absolute Gasteiger partial charge is 0.281 e. The van der Waals surface area contributed by atoms with E-state index in [-0.39, 0.29) is 6.04 Å². The summed E-state index contributed by atoms with van der Waals surface area (Å²) in [4.78, 5) is 10.8. The Morgan fingerprint density at radius 1 is 1.33 bits per heavy atom. The van der Waals surface area contributed by atoms with E-state index in [9.17, 15) is 8.42 Å². The Hall–Kier alpha value is -2.53. The van der Waals surface area contributed by atoms with Crippen LogP contribution in [0, 0.1) is 0 Å². The van der Waals surface area contributed by atoms with Crippen molar-refractivity contribution >= 4 is 42.7 Å². The first-order valence-electron chi connectivity index (χ1n) is 9.53. The van der Waals surface area contributed by atoms with Gasteiger partial charge in [-0.3, -0.25) is 4.90 Å². The van der Waals surface area contributed by atoms with Crippen LogP contribution in [-0.4, -0.2) is 48.7 Å². The van der Waals surface area contributed by atoms with Crippen molar-refractivity contribution in [2.24, 2.45) is 0 Å². The zero-order chi connectivity index (χ0) is 20.7. The Balaban J connectivity index is 1.28. The Morgan fingerprint density at radius 2 is 2.23 bits per heavy atom. The lowest BCUT2D eigenvalue weighted by molar-refractivity contribution is 0.297. The van der Waals surface area contributed by atoms with Crippen LogP contribution in [0.1, 0.15) is 12.2 Å². The van der Waals surface area contributed by atoms with Crippen LogP contribution in [-0.2, 0) is 16.6 Å². The van der Waals surface area contributed by atoms with Gasteiger partial charge in [0.25, 0.3) is 5.19 Å². The van der Waals surface area contributed by atoms with Gasteiger partial charge in [0, 0.05) is 36.8 Å². The van der Waals surface area contributed by atoms with Crippen LogP contribution in [0.25, 0.3) is 21.3 Å². The number of aromatic nitrogens is 2. The van der Waals surface area contributed by atoms with Crippen molar-refractivity contribution in [3.05, 3.63) is 48.4 Å². The zero-order valence-corrected chi connectivity index (χ0v) is 17.9. The summed E-state index contributed by atoms with van der Waals surface area (Å²) in [5, 5.41) is 1.53. The second-order valence-electron chi connectivity index (χ2n) is 7.43. The molecule has 4 heterocycles.